The Bertz CT molecular complexity index is 570. The predicted octanol–water partition coefficient (Wildman–Crippen LogP) is 3.45. The summed E-state index contributed by atoms with van der Waals surface area (Å²) in [4.78, 5) is 0.726. The normalized spacial score (nSPS) is 12.8. The van der Waals surface area contributed by atoms with E-state index in [0.717, 1.165) is 16.0 Å². The Kier molecular flexibility index (Phi) is 4.05. The molecule has 0 aromatic heterocycles. The van der Waals surface area contributed by atoms with Crippen LogP contribution in [-0.2, 0) is 11.0 Å². The van der Waals surface area contributed by atoms with Gasteiger partial charge in [0.2, 0.25) is 0 Å². The highest BCUT2D eigenvalue weighted by Gasteiger charge is 1.99. The zero-order chi connectivity index (χ0) is 13.0. The maximum atomic E-state index is 11.9. The first-order valence-electron chi connectivity index (χ1n) is 5.74. The van der Waals surface area contributed by atoms with E-state index in [-0.39, 0.29) is 0 Å². The Hall–Kier alpha value is -1.74. The Balaban J connectivity index is 2.11. The van der Waals surface area contributed by atoms with Gasteiger partial charge < -0.3 is 0 Å². The van der Waals surface area contributed by atoms with Gasteiger partial charge in [0, 0.05) is 6.21 Å². The molecule has 2 aromatic rings. The van der Waals surface area contributed by atoms with Gasteiger partial charge in [0.15, 0.2) is 11.0 Å². The van der Waals surface area contributed by atoms with E-state index in [4.69, 9.17) is 0 Å². The van der Waals surface area contributed by atoms with Crippen LogP contribution in [0.1, 0.15) is 16.7 Å². The summed E-state index contributed by atoms with van der Waals surface area (Å²) in [6.45, 7) is 4.04. The van der Waals surface area contributed by atoms with Crippen LogP contribution in [0.15, 0.2) is 57.8 Å². The third kappa shape index (κ3) is 3.37. The van der Waals surface area contributed by atoms with Crippen LogP contribution >= 0.6 is 0 Å². The first kappa shape index (κ1) is 12.7. The third-order valence-electron chi connectivity index (χ3n) is 2.60. The number of hydrogen-bond acceptors (Lipinski definition) is 1. The molecule has 0 spiro atoms. The van der Waals surface area contributed by atoms with Crippen molar-refractivity contribution in [1.82, 2.24) is 0 Å². The SMILES string of the molecule is Cc1ccc(/C=N/[S@@](=O)c2ccc(C)cc2)cc1. The van der Waals surface area contributed by atoms with E-state index >= 15 is 0 Å². The van der Waals surface area contributed by atoms with Crippen molar-refractivity contribution in [2.45, 2.75) is 18.7 Å². The quantitative estimate of drug-likeness (QED) is 0.774. The minimum absolute atomic E-state index is 0.726. The average Bonchev–Trinajstić information content (AvgIpc) is 2.38. The summed E-state index contributed by atoms with van der Waals surface area (Å²) in [6.07, 6.45) is 1.65. The molecule has 0 bridgehead atoms. The van der Waals surface area contributed by atoms with Gasteiger partial charge in [-0.3, -0.25) is 0 Å². The van der Waals surface area contributed by atoms with E-state index in [2.05, 4.69) is 4.40 Å². The molecule has 0 fully saturated rings. The summed E-state index contributed by atoms with van der Waals surface area (Å²) in [5, 5.41) is 0. The fourth-order valence-electron chi connectivity index (χ4n) is 1.48. The molecule has 0 saturated heterocycles. The molecule has 0 unspecified atom stereocenters. The molecule has 2 rings (SSSR count). The van der Waals surface area contributed by atoms with Crippen LogP contribution < -0.4 is 0 Å². The molecule has 2 nitrogen and oxygen atoms in total. The number of nitrogens with zero attached hydrogens (tertiary/aromatic N) is 1. The summed E-state index contributed by atoms with van der Waals surface area (Å²) in [5.41, 5.74) is 3.31. The molecular formula is C15H15NOS. The van der Waals surface area contributed by atoms with Gasteiger partial charge in [-0.05, 0) is 31.5 Å². The molecule has 0 radical (unpaired) electrons. The maximum Gasteiger partial charge on any atom is 0.172 e. The zero-order valence-electron chi connectivity index (χ0n) is 10.5. The van der Waals surface area contributed by atoms with Crippen molar-refractivity contribution in [3.63, 3.8) is 0 Å². The topological polar surface area (TPSA) is 29.4 Å². The van der Waals surface area contributed by atoms with Crippen LogP contribution in [0, 0.1) is 13.8 Å². The Labute approximate surface area is 110 Å². The summed E-state index contributed by atoms with van der Waals surface area (Å²) in [5.74, 6) is 0. The van der Waals surface area contributed by atoms with Crippen LogP contribution in [0.2, 0.25) is 0 Å². The van der Waals surface area contributed by atoms with Crippen molar-refractivity contribution < 1.29 is 4.21 Å². The monoisotopic (exact) mass is 257 g/mol. The number of rotatable bonds is 3. The van der Waals surface area contributed by atoms with E-state index in [1.807, 2.05) is 62.4 Å². The molecule has 0 amide bonds. The van der Waals surface area contributed by atoms with E-state index in [0.29, 0.717) is 0 Å². The highest BCUT2D eigenvalue weighted by molar-refractivity contribution is 7.83. The molecule has 0 N–H and O–H groups in total. The van der Waals surface area contributed by atoms with E-state index in [9.17, 15) is 4.21 Å². The van der Waals surface area contributed by atoms with Crippen LogP contribution in [-0.4, -0.2) is 10.4 Å². The van der Waals surface area contributed by atoms with E-state index in [1.54, 1.807) is 6.21 Å². The maximum absolute atomic E-state index is 11.9. The standard InChI is InChI=1S/C15H15NOS/c1-12-3-7-14(8-4-12)11-16-18(17)15-9-5-13(2)6-10-15/h3-11H,1-2H3/b16-11+/t18-/m0/s1. The number of aryl methyl sites for hydroxylation is 2. The third-order valence-corrected chi connectivity index (χ3v) is 3.57. The molecule has 2 aromatic carbocycles. The lowest BCUT2D eigenvalue weighted by Gasteiger charge is -1.97. The second-order valence-electron chi connectivity index (χ2n) is 4.21. The van der Waals surface area contributed by atoms with Gasteiger partial charge in [-0.25, -0.2) is 4.21 Å². The second kappa shape index (κ2) is 5.74. The van der Waals surface area contributed by atoms with Crippen LogP contribution in [0.4, 0.5) is 0 Å². The second-order valence-corrected chi connectivity index (χ2v) is 5.39. The van der Waals surface area contributed by atoms with Crippen molar-refractivity contribution in [3.8, 4) is 0 Å². The highest BCUT2D eigenvalue weighted by Crippen LogP contribution is 2.09. The Morgan fingerprint density at radius 3 is 1.94 bits per heavy atom. The predicted molar refractivity (Wildman–Crippen MR) is 76.4 cm³/mol. The Morgan fingerprint density at radius 2 is 1.39 bits per heavy atom. The molecule has 3 heteroatoms. The summed E-state index contributed by atoms with van der Waals surface area (Å²) in [7, 11) is -1.33. The van der Waals surface area contributed by atoms with Crippen molar-refractivity contribution in [2.75, 3.05) is 0 Å². The van der Waals surface area contributed by atoms with Gasteiger partial charge in [-0.15, -0.1) is 0 Å². The smallest absolute Gasteiger partial charge is 0.172 e. The van der Waals surface area contributed by atoms with Gasteiger partial charge in [0.25, 0.3) is 0 Å². The van der Waals surface area contributed by atoms with Crippen LogP contribution in [0.25, 0.3) is 0 Å². The zero-order valence-corrected chi connectivity index (χ0v) is 11.3. The lowest BCUT2D eigenvalue weighted by molar-refractivity contribution is 0.684. The minimum atomic E-state index is -1.33. The average molecular weight is 257 g/mol. The van der Waals surface area contributed by atoms with Gasteiger partial charge >= 0.3 is 0 Å². The molecule has 0 aliphatic rings. The van der Waals surface area contributed by atoms with Crippen molar-refractivity contribution in [3.05, 3.63) is 65.2 Å². The van der Waals surface area contributed by atoms with Gasteiger partial charge in [0.05, 0.1) is 4.90 Å². The largest absolute Gasteiger partial charge is 0.229 e. The first-order valence-corrected chi connectivity index (χ1v) is 6.85. The number of benzene rings is 2. The molecule has 1 atom stereocenters. The van der Waals surface area contributed by atoms with Crippen molar-refractivity contribution >= 4 is 17.2 Å². The van der Waals surface area contributed by atoms with E-state index in [1.165, 1.54) is 5.56 Å². The summed E-state index contributed by atoms with van der Waals surface area (Å²) >= 11 is 0. The highest BCUT2D eigenvalue weighted by atomic mass is 32.2. The molecule has 0 aliphatic carbocycles. The molecule has 92 valence electrons. The fourth-order valence-corrected chi connectivity index (χ4v) is 2.18. The Morgan fingerprint density at radius 1 is 0.889 bits per heavy atom. The first-order chi connectivity index (χ1) is 8.65. The molecule has 0 saturated carbocycles. The summed E-state index contributed by atoms with van der Waals surface area (Å²) in [6, 6.07) is 15.5. The molecule has 0 aliphatic heterocycles. The van der Waals surface area contributed by atoms with Gasteiger partial charge in [-0.2, -0.15) is 4.40 Å². The lowest BCUT2D eigenvalue weighted by atomic mass is 10.2. The van der Waals surface area contributed by atoms with Crippen LogP contribution in [0.5, 0.6) is 0 Å². The van der Waals surface area contributed by atoms with Crippen LogP contribution in [0.3, 0.4) is 0 Å². The van der Waals surface area contributed by atoms with E-state index < -0.39 is 11.0 Å². The molecular weight excluding hydrogens is 242 g/mol. The van der Waals surface area contributed by atoms with Gasteiger partial charge in [0.1, 0.15) is 0 Å². The molecule has 18 heavy (non-hydrogen) atoms. The lowest BCUT2D eigenvalue weighted by Crippen LogP contribution is -1.89. The summed E-state index contributed by atoms with van der Waals surface area (Å²) < 4.78 is 16.0. The minimum Gasteiger partial charge on any atom is -0.229 e. The van der Waals surface area contributed by atoms with Gasteiger partial charge in [-0.1, -0.05) is 47.5 Å². The molecule has 0 heterocycles. The van der Waals surface area contributed by atoms with Crippen molar-refractivity contribution in [2.24, 2.45) is 4.40 Å². The van der Waals surface area contributed by atoms with Crippen molar-refractivity contribution in [1.29, 1.82) is 0 Å². The number of hydrogen-bond donors (Lipinski definition) is 0. The fraction of sp³-hybridized carbons (Fsp3) is 0.133.